The number of aryl methyl sites for hydroxylation is 1. The van der Waals surface area contributed by atoms with Crippen molar-refractivity contribution < 1.29 is 23.9 Å². The molecule has 0 aromatic heterocycles. The highest BCUT2D eigenvalue weighted by Crippen LogP contribution is 2.29. The number of ketones is 1. The van der Waals surface area contributed by atoms with E-state index in [1.54, 1.807) is 25.3 Å². The fourth-order valence-corrected chi connectivity index (χ4v) is 3.62. The normalized spacial score (nSPS) is 15.3. The lowest BCUT2D eigenvalue weighted by Crippen LogP contribution is -2.52. The number of rotatable bonds is 8. The summed E-state index contributed by atoms with van der Waals surface area (Å²) in [5.41, 5.74) is 1.75. The van der Waals surface area contributed by atoms with Crippen LogP contribution >= 0.6 is 0 Å². The summed E-state index contributed by atoms with van der Waals surface area (Å²) in [5.74, 6) is 0.749. The maximum atomic E-state index is 12.8. The van der Waals surface area contributed by atoms with E-state index in [0.717, 1.165) is 12.7 Å². The Morgan fingerprint density at radius 3 is 2.57 bits per heavy atom. The van der Waals surface area contributed by atoms with Crippen LogP contribution in [0, 0.1) is 6.92 Å². The van der Waals surface area contributed by atoms with E-state index in [0.29, 0.717) is 49.4 Å². The summed E-state index contributed by atoms with van der Waals surface area (Å²) < 4.78 is 11.3. The van der Waals surface area contributed by atoms with Crippen LogP contribution in [0.5, 0.6) is 11.5 Å². The second-order valence-electron chi connectivity index (χ2n) is 7.72. The first-order valence-corrected chi connectivity index (χ1v) is 10.1. The van der Waals surface area contributed by atoms with Crippen molar-refractivity contribution in [2.75, 3.05) is 13.7 Å². The molecule has 0 bridgehead atoms. The van der Waals surface area contributed by atoms with Crippen molar-refractivity contribution in [3.63, 3.8) is 0 Å². The van der Waals surface area contributed by atoms with Gasteiger partial charge in [0, 0.05) is 24.8 Å². The number of hydrogen-bond donors (Lipinski definition) is 1. The van der Waals surface area contributed by atoms with Crippen LogP contribution in [0.3, 0.4) is 0 Å². The Morgan fingerprint density at radius 1 is 1.13 bits per heavy atom. The number of ether oxygens (including phenoxy) is 2. The molecule has 1 N–H and O–H groups in total. The second-order valence-corrected chi connectivity index (χ2v) is 7.72. The molecule has 0 unspecified atom stereocenters. The topological polar surface area (TPSA) is 81.7 Å². The van der Waals surface area contributed by atoms with Crippen molar-refractivity contribution in [2.24, 2.45) is 0 Å². The number of Topliss-reactive ketones (excluding diaryl/α,β-unsaturated/α-hetero) is 1. The maximum absolute atomic E-state index is 12.8. The third-order valence-electron chi connectivity index (χ3n) is 5.44. The summed E-state index contributed by atoms with van der Waals surface area (Å²) in [6.07, 6.45) is 2.74. The fourth-order valence-electron chi connectivity index (χ4n) is 3.62. The van der Waals surface area contributed by atoms with Crippen LogP contribution in [-0.2, 0) is 16.0 Å². The summed E-state index contributed by atoms with van der Waals surface area (Å²) in [5, 5.41) is 2.82. The molecule has 2 aromatic rings. The zero-order valence-electron chi connectivity index (χ0n) is 17.4. The predicted molar refractivity (Wildman–Crippen MR) is 113 cm³/mol. The van der Waals surface area contributed by atoms with Gasteiger partial charge in [-0.2, -0.15) is 0 Å². The van der Waals surface area contributed by atoms with E-state index in [1.807, 2.05) is 25.1 Å². The molecule has 1 fully saturated rings. The predicted octanol–water partition coefficient (Wildman–Crippen LogP) is 3.44. The summed E-state index contributed by atoms with van der Waals surface area (Å²) >= 11 is 0. The van der Waals surface area contributed by atoms with Crippen LogP contribution in [0.25, 0.3) is 0 Å². The van der Waals surface area contributed by atoms with Gasteiger partial charge in [-0.1, -0.05) is 29.8 Å². The number of hydrogen-bond acceptors (Lipinski definition) is 5. The van der Waals surface area contributed by atoms with Crippen molar-refractivity contribution in [1.82, 2.24) is 5.32 Å². The lowest BCUT2D eigenvalue weighted by molar-refractivity contribution is -0.123. The largest absolute Gasteiger partial charge is 0.493 e. The molecule has 0 spiro atoms. The summed E-state index contributed by atoms with van der Waals surface area (Å²) in [4.78, 5) is 35.9. The molecule has 0 atom stereocenters. The van der Waals surface area contributed by atoms with Crippen LogP contribution in [0.1, 0.15) is 47.2 Å². The van der Waals surface area contributed by atoms with Crippen molar-refractivity contribution in [2.45, 2.75) is 44.6 Å². The standard InChI is InChI=1S/C24H27NO5/c1-17-4-3-5-18(14-17)10-13-30-22-15-19(6-7-21(22)29-2)23(28)25-24(16-26)11-8-20(27)9-12-24/h3-7,14-16H,8-13H2,1-2H3,(H,25,28). The minimum atomic E-state index is -0.989. The Hall–Kier alpha value is -3.15. The Bertz CT molecular complexity index is 927. The SMILES string of the molecule is COc1ccc(C(=O)NC2(C=O)CCC(=O)CC2)cc1OCCc1cccc(C)c1. The van der Waals surface area contributed by atoms with Gasteiger partial charge in [-0.05, 0) is 43.5 Å². The number of aldehydes is 1. The minimum absolute atomic E-state index is 0.121. The fraction of sp³-hybridized carbons (Fsp3) is 0.375. The van der Waals surface area contributed by atoms with Crippen LogP contribution in [0.2, 0.25) is 0 Å². The number of carbonyl (C=O) groups is 3. The summed E-state index contributed by atoms with van der Waals surface area (Å²) in [6.45, 7) is 2.48. The van der Waals surface area contributed by atoms with Gasteiger partial charge in [-0.3, -0.25) is 9.59 Å². The van der Waals surface area contributed by atoms with E-state index in [9.17, 15) is 14.4 Å². The molecule has 0 radical (unpaired) electrons. The summed E-state index contributed by atoms with van der Waals surface area (Å²) in [6, 6.07) is 13.1. The quantitative estimate of drug-likeness (QED) is 0.676. The highest BCUT2D eigenvalue weighted by Gasteiger charge is 2.36. The van der Waals surface area contributed by atoms with Crippen molar-refractivity contribution in [3.8, 4) is 11.5 Å². The Labute approximate surface area is 176 Å². The average Bonchev–Trinajstić information content (AvgIpc) is 2.75. The number of benzene rings is 2. The molecule has 30 heavy (non-hydrogen) atoms. The lowest BCUT2D eigenvalue weighted by atomic mass is 9.82. The van der Waals surface area contributed by atoms with E-state index in [1.165, 1.54) is 11.1 Å². The third-order valence-corrected chi connectivity index (χ3v) is 5.44. The zero-order chi connectivity index (χ0) is 21.6. The van der Waals surface area contributed by atoms with Crippen molar-refractivity contribution in [1.29, 1.82) is 0 Å². The van der Waals surface area contributed by atoms with E-state index in [4.69, 9.17) is 9.47 Å². The monoisotopic (exact) mass is 409 g/mol. The molecule has 0 aliphatic heterocycles. The first kappa shape index (κ1) is 21.6. The Balaban J connectivity index is 1.69. The van der Waals surface area contributed by atoms with E-state index < -0.39 is 5.54 Å². The Kier molecular flexibility index (Phi) is 6.87. The number of methoxy groups -OCH3 is 1. The Morgan fingerprint density at radius 2 is 1.90 bits per heavy atom. The molecule has 0 heterocycles. The first-order valence-electron chi connectivity index (χ1n) is 10.1. The van der Waals surface area contributed by atoms with Crippen molar-refractivity contribution >= 4 is 18.0 Å². The van der Waals surface area contributed by atoms with Crippen LogP contribution in [0.4, 0.5) is 0 Å². The van der Waals surface area contributed by atoms with Gasteiger partial charge < -0.3 is 19.6 Å². The molecule has 158 valence electrons. The van der Waals surface area contributed by atoms with Crippen LogP contribution in [-0.4, -0.2) is 37.2 Å². The van der Waals surface area contributed by atoms with Gasteiger partial charge in [0.15, 0.2) is 11.5 Å². The van der Waals surface area contributed by atoms with Crippen molar-refractivity contribution in [3.05, 3.63) is 59.2 Å². The number of carbonyl (C=O) groups excluding carboxylic acids is 3. The van der Waals surface area contributed by atoms with Gasteiger partial charge in [-0.15, -0.1) is 0 Å². The molecule has 0 saturated heterocycles. The number of nitrogens with one attached hydrogen (secondary N) is 1. The smallest absolute Gasteiger partial charge is 0.252 e. The second kappa shape index (κ2) is 9.57. The van der Waals surface area contributed by atoms with Gasteiger partial charge in [-0.25, -0.2) is 0 Å². The molecule has 1 amide bonds. The molecular weight excluding hydrogens is 382 g/mol. The molecule has 1 aliphatic rings. The molecule has 6 heteroatoms. The molecule has 1 saturated carbocycles. The molecular formula is C24H27NO5. The molecule has 6 nitrogen and oxygen atoms in total. The first-order chi connectivity index (χ1) is 14.4. The summed E-state index contributed by atoms with van der Waals surface area (Å²) in [7, 11) is 1.54. The third kappa shape index (κ3) is 5.26. The van der Waals surface area contributed by atoms with Gasteiger partial charge in [0.05, 0.1) is 19.3 Å². The molecule has 1 aliphatic carbocycles. The van der Waals surface area contributed by atoms with E-state index >= 15 is 0 Å². The lowest BCUT2D eigenvalue weighted by Gasteiger charge is -2.32. The maximum Gasteiger partial charge on any atom is 0.252 e. The van der Waals surface area contributed by atoms with Gasteiger partial charge in [0.2, 0.25) is 0 Å². The highest BCUT2D eigenvalue weighted by atomic mass is 16.5. The average molecular weight is 409 g/mol. The van der Waals surface area contributed by atoms with Crippen LogP contribution in [0.15, 0.2) is 42.5 Å². The van der Waals surface area contributed by atoms with Gasteiger partial charge in [0.25, 0.3) is 5.91 Å². The van der Waals surface area contributed by atoms with E-state index in [-0.39, 0.29) is 11.7 Å². The van der Waals surface area contributed by atoms with Crippen LogP contribution < -0.4 is 14.8 Å². The molecule has 2 aromatic carbocycles. The van der Waals surface area contributed by atoms with Gasteiger partial charge >= 0.3 is 0 Å². The zero-order valence-corrected chi connectivity index (χ0v) is 17.4. The van der Waals surface area contributed by atoms with Gasteiger partial charge in [0.1, 0.15) is 12.1 Å². The van der Waals surface area contributed by atoms with E-state index in [2.05, 4.69) is 11.4 Å². The molecule has 3 rings (SSSR count). The minimum Gasteiger partial charge on any atom is -0.493 e. The highest BCUT2D eigenvalue weighted by molar-refractivity contribution is 5.97. The number of amides is 1.